The molecule has 6 bridgehead atoms. The predicted octanol–water partition coefficient (Wildman–Crippen LogP) is 8.68. The minimum absolute atomic E-state index is 0.0000828. The fourth-order valence-corrected chi connectivity index (χ4v) is 6.95. The SMILES string of the molecule is CCOC(=O)CC(C)c1cccc(C2(C)CCCOC(C)(C)c3cn(nn3)Cc3c(c(F)cc4[nH]ccc34)Oc3ccc(F)c(c3)-c3ncc2[nH]3)c1. The first kappa shape index (κ1) is 35.1. The van der Waals surface area contributed by atoms with Crippen LogP contribution in [-0.4, -0.2) is 49.1 Å². The molecule has 3 aromatic carbocycles. The van der Waals surface area contributed by atoms with E-state index in [4.69, 9.17) is 14.2 Å². The Balaban J connectivity index is 1.32. The van der Waals surface area contributed by atoms with Gasteiger partial charge in [-0.25, -0.2) is 18.4 Å². The number of fused-ring (bicyclic) bond motifs is 10. The second-order valence-electron chi connectivity index (χ2n) is 14.1. The molecule has 1 aliphatic rings. The highest BCUT2D eigenvalue weighted by Gasteiger charge is 2.33. The largest absolute Gasteiger partial charge is 0.466 e. The Morgan fingerprint density at radius 2 is 1.94 bits per heavy atom. The number of benzene rings is 3. The summed E-state index contributed by atoms with van der Waals surface area (Å²) in [7, 11) is 0. The number of imidazole rings is 1. The Hall–Kier alpha value is -5.36. The first-order valence-electron chi connectivity index (χ1n) is 17.6. The number of aromatic amines is 2. The van der Waals surface area contributed by atoms with E-state index < -0.39 is 22.7 Å². The van der Waals surface area contributed by atoms with E-state index >= 15 is 8.78 Å². The van der Waals surface area contributed by atoms with Crippen LogP contribution >= 0.6 is 0 Å². The number of H-pyrrole nitrogens is 2. The van der Waals surface area contributed by atoms with E-state index in [0.29, 0.717) is 48.7 Å². The lowest BCUT2D eigenvalue weighted by Gasteiger charge is -2.31. The van der Waals surface area contributed by atoms with Gasteiger partial charge in [0.2, 0.25) is 0 Å². The Labute approximate surface area is 300 Å². The first-order chi connectivity index (χ1) is 24.9. The van der Waals surface area contributed by atoms with Crippen molar-refractivity contribution in [2.45, 2.75) is 77.4 Å². The molecule has 0 radical (unpaired) electrons. The van der Waals surface area contributed by atoms with Crippen molar-refractivity contribution in [3.8, 4) is 22.9 Å². The van der Waals surface area contributed by atoms with E-state index in [9.17, 15) is 4.79 Å². The molecule has 3 aromatic heterocycles. The van der Waals surface area contributed by atoms with Crippen molar-refractivity contribution in [2.75, 3.05) is 13.2 Å². The number of nitrogens with one attached hydrogen (secondary N) is 2. The Bertz CT molecular complexity index is 2240. The third kappa shape index (κ3) is 6.82. The minimum atomic E-state index is -0.775. The van der Waals surface area contributed by atoms with Crippen LogP contribution in [0.5, 0.6) is 11.5 Å². The molecule has 6 aromatic rings. The summed E-state index contributed by atoms with van der Waals surface area (Å²) in [5.74, 6) is -0.858. The molecule has 0 spiro atoms. The molecular weight excluding hydrogens is 666 g/mol. The number of hydrogen-bond donors (Lipinski definition) is 2. The molecule has 270 valence electrons. The molecule has 2 atom stereocenters. The lowest BCUT2D eigenvalue weighted by Crippen LogP contribution is -2.27. The fraction of sp³-hybridized carbons (Fsp3) is 0.350. The van der Waals surface area contributed by atoms with Gasteiger partial charge in [-0.05, 0) is 81.8 Å². The number of carbonyl (C=O) groups is 1. The number of carbonyl (C=O) groups excluding carboxylic acids is 1. The van der Waals surface area contributed by atoms with Crippen LogP contribution in [0.4, 0.5) is 8.78 Å². The average Bonchev–Trinajstić information content (AvgIpc) is 3.91. The second-order valence-corrected chi connectivity index (χ2v) is 14.1. The van der Waals surface area contributed by atoms with Gasteiger partial charge >= 0.3 is 5.97 Å². The average molecular weight is 709 g/mol. The van der Waals surface area contributed by atoms with Gasteiger partial charge in [0.05, 0.1) is 31.3 Å². The van der Waals surface area contributed by atoms with Crippen molar-refractivity contribution in [2.24, 2.45) is 0 Å². The summed E-state index contributed by atoms with van der Waals surface area (Å²) in [5.41, 5.74) is 3.35. The lowest BCUT2D eigenvalue weighted by atomic mass is 9.75. The molecule has 0 fully saturated rings. The normalized spacial score (nSPS) is 18.1. The Morgan fingerprint density at radius 1 is 1.10 bits per heavy atom. The summed E-state index contributed by atoms with van der Waals surface area (Å²) < 4.78 is 50.9. The third-order valence-corrected chi connectivity index (χ3v) is 10.1. The van der Waals surface area contributed by atoms with E-state index in [-0.39, 0.29) is 41.9 Å². The van der Waals surface area contributed by atoms with Gasteiger partial charge in [-0.15, -0.1) is 5.10 Å². The number of rotatable bonds is 5. The summed E-state index contributed by atoms with van der Waals surface area (Å²) in [5, 5.41) is 9.56. The molecule has 4 heterocycles. The van der Waals surface area contributed by atoms with E-state index in [2.05, 4.69) is 44.3 Å². The number of nitrogens with zero attached hydrogens (tertiary/aromatic N) is 4. The van der Waals surface area contributed by atoms with Gasteiger partial charge in [0.1, 0.15) is 28.7 Å². The summed E-state index contributed by atoms with van der Waals surface area (Å²) in [6.07, 6.45) is 6.85. The van der Waals surface area contributed by atoms with E-state index in [1.165, 1.54) is 24.3 Å². The highest BCUT2D eigenvalue weighted by atomic mass is 19.1. The smallest absolute Gasteiger partial charge is 0.306 e. The van der Waals surface area contributed by atoms with E-state index in [1.54, 1.807) is 30.2 Å². The minimum Gasteiger partial charge on any atom is -0.466 e. The monoisotopic (exact) mass is 708 g/mol. The highest BCUT2D eigenvalue weighted by Crippen LogP contribution is 2.40. The van der Waals surface area contributed by atoms with Gasteiger partial charge in [0.25, 0.3) is 0 Å². The van der Waals surface area contributed by atoms with Crippen molar-refractivity contribution in [1.29, 1.82) is 0 Å². The van der Waals surface area contributed by atoms with Crippen LogP contribution in [0.3, 0.4) is 0 Å². The Kier molecular flexibility index (Phi) is 9.43. The second kappa shape index (κ2) is 14.0. The van der Waals surface area contributed by atoms with Crippen LogP contribution in [-0.2, 0) is 31.8 Å². The third-order valence-electron chi connectivity index (χ3n) is 10.1. The molecule has 7 rings (SSSR count). The number of halogens is 2. The van der Waals surface area contributed by atoms with Gasteiger partial charge in [-0.2, -0.15) is 0 Å². The maximum atomic E-state index is 15.8. The zero-order valence-corrected chi connectivity index (χ0v) is 29.9. The molecular formula is C40H42F2N6O4. The van der Waals surface area contributed by atoms with Gasteiger partial charge in [-0.1, -0.05) is 36.4 Å². The zero-order valence-electron chi connectivity index (χ0n) is 29.9. The van der Waals surface area contributed by atoms with Crippen molar-refractivity contribution >= 4 is 16.9 Å². The van der Waals surface area contributed by atoms with Crippen molar-refractivity contribution < 1.29 is 27.8 Å². The maximum absolute atomic E-state index is 15.8. The van der Waals surface area contributed by atoms with Crippen LogP contribution in [0.25, 0.3) is 22.3 Å². The number of aromatic nitrogens is 6. The topological polar surface area (TPSA) is 120 Å². The van der Waals surface area contributed by atoms with Crippen molar-refractivity contribution in [3.63, 3.8) is 0 Å². The maximum Gasteiger partial charge on any atom is 0.306 e. The van der Waals surface area contributed by atoms with Crippen molar-refractivity contribution in [3.05, 3.63) is 113 Å². The van der Waals surface area contributed by atoms with Crippen LogP contribution < -0.4 is 4.74 Å². The van der Waals surface area contributed by atoms with Crippen LogP contribution in [0.1, 0.15) is 87.9 Å². The molecule has 10 nitrogen and oxygen atoms in total. The molecule has 0 aliphatic carbocycles. The molecule has 0 saturated carbocycles. The number of hydrogen-bond acceptors (Lipinski definition) is 7. The molecule has 2 N–H and O–H groups in total. The van der Waals surface area contributed by atoms with E-state index in [0.717, 1.165) is 22.2 Å². The van der Waals surface area contributed by atoms with Crippen molar-refractivity contribution in [1.82, 2.24) is 29.9 Å². The van der Waals surface area contributed by atoms with Crippen LogP contribution in [0, 0.1) is 11.6 Å². The van der Waals surface area contributed by atoms with Gasteiger partial charge < -0.3 is 24.2 Å². The number of ether oxygens (including phenoxy) is 3. The quantitative estimate of drug-likeness (QED) is 0.172. The van der Waals surface area contributed by atoms with Crippen LogP contribution in [0.15, 0.2) is 73.2 Å². The van der Waals surface area contributed by atoms with Gasteiger partial charge in [0.15, 0.2) is 11.6 Å². The lowest BCUT2D eigenvalue weighted by molar-refractivity contribution is -0.143. The summed E-state index contributed by atoms with van der Waals surface area (Å²) >= 11 is 0. The predicted molar refractivity (Wildman–Crippen MR) is 192 cm³/mol. The van der Waals surface area contributed by atoms with Gasteiger partial charge in [-0.3, -0.25) is 4.79 Å². The van der Waals surface area contributed by atoms with Gasteiger partial charge in [0, 0.05) is 52.6 Å². The summed E-state index contributed by atoms with van der Waals surface area (Å²) in [4.78, 5) is 23.5. The van der Waals surface area contributed by atoms with Crippen LogP contribution in [0.2, 0.25) is 0 Å². The molecule has 0 amide bonds. The summed E-state index contributed by atoms with van der Waals surface area (Å²) in [6, 6.07) is 15.7. The standard InChI is InChI=1S/C40H42F2N6O4/c1-6-50-36(49)17-24(2)25-9-7-10-26(18-25)40(5)14-8-16-51-39(3,4)35-23-48(47-46-35)22-30-28-13-15-43-33(28)20-32(42)37(30)52-27-11-12-31(41)29(19-27)38-44-21-34(40)45-38/h7,9-13,15,18-21,23-24,43H,6,8,14,16-17,22H2,1-5H3,(H,44,45). The summed E-state index contributed by atoms with van der Waals surface area (Å²) in [6.45, 7) is 10.7. The molecule has 12 heteroatoms. The van der Waals surface area contributed by atoms with E-state index in [1.807, 2.05) is 39.0 Å². The molecule has 52 heavy (non-hydrogen) atoms. The zero-order chi connectivity index (χ0) is 36.6. The Morgan fingerprint density at radius 3 is 2.77 bits per heavy atom. The number of esters is 1. The first-order valence-corrected chi connectivity index (χ1v) is 17.6. The molecule has 1 aliphatic heterocycles. The highest BCUT2D eigenvalue weighted by molar-refractivity contribution is 5.85. The fourth-order valence-electron chi connectivity index (χ4n) is 6.95. The molecule has 0 saturated heterocycles. The molecule has 2 unspecified atom stereocenters.